The molecular formula is C53H33F3O. The normalized spacial score (nSPS) is 13.0. The largest absolute Gasteiger partial charge is 0.455 e. The zero-order valence-electron chi connectivity index (χ0n) is 30.7. The molecule has 1 aliphatic rings. The van der Waals surface area contributed by atoms with Crippen molar-refractivity contribution in [3.63, 3.8) is 0 Å². The first kappa shape index (κ1) is 33.4. The highest BCUT2D eigenvalue weighted by molar-refractivity contribution is 6.23. The van der Waals surface area contributed by atoms with Crippen molar-refractivity contribution >= 4 is 60.3 Å². The second-order valence-corrected chi connectivity index (χ2v) is 14.9. The average Bonchev–Trinajstić information content (AvgIpc) is 3.63. The third kappa shape index (κ3) is 5.24. The first-order valence-corrected chi connectivity index (χ1v) is 19.3. The summed E-state index contributed by atoms with van der Waals surface area (Å²) in [5.41, 5.74) is 11.8. The molecule has 1 aliphatic carbocycles. The molecule has 0 unspecified atom stereocenters. The van der Waals surface area contributed by atoms with Crippen LogP contribution in [-0.2, 0) is 12.6 Å². The van der Waals surface area contributed by atoms with Crippen molar-refractivity contribution in [2.45, 2.75) is 19.0 Å². The van der Waals surface area contributed by atoms with Crippen LogP contribution in [0.25, 0.3) is 105 Å². The van der Waals surface area contributed by atoms with Crippen LogP contribution in [0.3, 0.4) is 0 Å². The molecule has 0 aliphatic heterocycles. The minimum atomic E-state index is -4.40. The molecule has 10 aromatic rings. The van der Waals surface area contributed by atoms with Gasteiger partial charge in [0.2, 0.25) is 0 Å². The number of hydrogen-bond acceptors (Lipinski definition) is 1. The van der Waals surface area contributed by atoms with Crippen LogP contribution < -0.4 is 0 Å². The molecule has 1 nitrogen and oxygen atoms in total. The van der Waals surface area contributed by atoms with E-state index in [1.165, 1.54) is 55.9 Å². The van der Waals surface area contributed by atoms with E-state index in [1.807, 2.05) is 12.1 Å². The highest BCUT2D eigenvalue weighted by atomic mass is 19.4. The molecule has 0 amide bonds. The van der Waals surface area contributed by atoms with E-state index >= 15 is 0 Å². The number of hydrogen-bond donors (Lipinski definition) is 0. The van der Waals surface area contributed by atoms with E-state index < -0.39 is 11.7 Å². The minimum absolute atomic E-state index is 0.651. The molecule has 57 heavy (non-hydrogen) atoms. The van der Waals surface area contributed by atoms with Gasteiger partial charge in [0.15, 0.2) is 0 Å². The first-order chi connectivity index (χ1) is 27.9. The Balaban J connectivity index is 1.14. The summed E-state index contributed by atoms with van der Waals surface area (Å²) in [6, 6.07) is 54.8. The topological polar surface area (TPSA) is 13.1 Å². The van der Waals surface area contributed by atoms with Gasteiger partial charge in [0.05, 0.1) is 5.56 Å². The van der Waals surface area contributed by atoms with Crippen molar-refractivity contribution in [3.05, 3.63) is 187 Å². The fraction of sp³-hybridized carbons (Fsp3) is 0.0566. The predicted octanol–water partition coefficient (Wildman–Crippen LogP) is 15.7. The lowest BCUT2D eigenvalue weighted by molar-refractivity contribution is -0.137. The number of fused-ring (bicyclic) bond motifs is 7. The third-order valence-corrected chi connectivity index (χ3v) is 11.8. The van der Waals surface area contributed by atoms with Gasteiger partial charge in [-0.1, -0.05) is 152 Å². The highest BCUT2D eigenvalue weighted by Crippen LogP contribution is 2.49. The van der Waals surface area contributed by atoms with Crippen molar-refractivity contribution in [3.8, 4) is 44.5 Å². The smallest absolute Gasteiger partial charge is 0.416 e. The van der Waals surface area contributed by atoms with Crippen molar-refractivity contribution in [2.75, 3.05) is 0 Å². The Bertz CT molecular complexity index is 3200. The Morgan fingerprint density at radius 3 is 1.60 bits per heavy atom. The Hall–Kier alpha value is -6.91. The first-order valence-electron chi connectivity index (χ1n) is 19.3. The SMILES string of the molecule is FC(F)(F)c1ccc(-c2c3c(c(-c4cccc5c4oc4ccc(-c6c7ccccc7c(-c7ccccc7)c7ccccc67)cc45)c4ccccc24)CCC=C3)cc1. The summed E-state index contributed by atoms with van der Waals surface area (Å²) in [5, 5.41) is 8.94. The Morgan fingerprint density at radius 1 is 0.439 bits per heavy atom. The number of para-hydroxylation sites is 1. The van der Waals surface area contributed by atoms with Gasteiger partial charge in [-0.25, -0.2) is 0 Å². The molecular weight excluding hydrogens is 710 g/mol. The molecule has 4 heteroatoms. The highest BCUT2D eigenvalue weighted by Gasteiger charge is 2.31. The molecule has 1 aromatic heterocycles. The quantitative estimate of drug-likeness (QED) is 0.164. The van der Waals surface area contributed by atoms with Crippen LogP contribution in [0.5, 0.6) is 0 Å². The molecule has 272 valence electrons. The Labute approximate surface area is 326 Å². The summed E-state index contributed by atoms with van der Waals surface area (Å²) in [6.45, 7) is 0. The molecule has 0 spiro atoms. The van der Waals surface area contributed by atoms with Gasteiger partial charge < -0.3 is 4.42 Å². The van der Waals surface area contributed by atoms with E-state index in [1.54, 1.807) is 12.1 Å². The molecule has 1 heterocycles. The number of furan rings is 1. The average molecular weight is 743 g/mol. The molecule has 0 radical (unpaired) electrons. The van der Waals surface area contributed by atoms with E-state index in [4.69, 9.17) is 4.42 Å². The summed E-state index contributed by atoms with van der Waals surface area (Å²) in [7, 11) is 0. The summed E-state index contributed by atoms with van der Waals surface area (Å²) >= 11 is 0. The molecule has 0 N–H and O–H groups in total. The molecule has 11 rings (SSSR count). The zero-order chi connectivity index (χ0) is 38.3. The number of benzene rings is 9. The van der Waals surface area contributed by atoms with Crippen LogP contribution in [0, 0.1) is 0 Å². The molecule has 0 atom stereocenters. The van der Waals surface area contributed by atoms with E-state index in [-0.39, 0.29) is 0 Å². The summed E-state index contributed by atoms with van der Waals surface area (Å²) in [6.07, 6.45) is 1.58. The van der Waals surface area contributed by atoms with Gasteiger partial charge in [-0.05, 0) is 119 Å². The van der Waals surface area contributed by atoms with Crippen molar-refractivity contribution < 1.29 is 17.6 Å². The van der Waals surface area contributed by atoms with Gasteiger partial charge >= 0.3 is 6.18 Å². The van der Waals surface area contributed by atoms with Crippen LogP contribution in [-0.4, -0.2) is 0 Å². The standard InChI is InChI=1S/C53H33F3O/c54-53(55,56)35-28-25-33(26-29-35)49-40-19-8-10-21-42(40)51(43-22-11-9-20-41(43)49)45-24-12-23-44-46-31-34(27-30-47(46)57-52(44)45)50-38-17-6-4-15-36(38)48(32-13-2-1-3-14-32)37-16-5-7-18-39(37)50/h1-10,12-21,23-31H,11,22H2. The fourth-order valence-electron chi connectivity index (χ4n) is 9.34. The lowest BCUT2D eigenvalue weighted by Crippen LogP contribution is -2.05. The lowest BCUT2D eigenvalue weighted by atomic mass is 9.80. The molecule has 0 saturated carbocycles. The van der Waals surface area contributed by atoms with Crippen LogP contribution in [0.4, 0.5) is 13.2 Å². The zero-order valence-corrected chi connectivity index (χ0v) is 30.7. The maximum Gasteiger partial charge on any atom is 0.416 e. The van der Waals surface area contributed by atoms with E-state index in [0.29, 0.717) is 0 Å². The lowest BCUT2D eigenvalue weighted by Gasteiger charge is -2.24. The fourth-order valence-corrected chi connectivity index (χ4v) is 9.34. The minimum Gasteiger partial charge on any atom is -0.455 e. The number of alkyl halides is 3. The number of rotatable bonds is 4. The van der Waals surface area contributed by atoms with E-state index in [2.05, 4.69) is 140 Å². The molecule has 9 aromatic carbocycles. The number of halogens is 3. The van der Waals surface area contributed by atoms with Gasteiger partial charge in [0, 0.05) is 16.3 Å². The summed E-state index contributed by atoms with van der Waals surface area (Å²) < 4.78 is 47.6. The van der Waals surface area contributed by atoms with Crippen molar-refractivity contribution in [2.24, 2.45) is 0 Å². The van der Waals surface area contributed by atoms with E-state index in [0.717, 1.165) is 78.9 Å². The van der Waals surface area contributed by atoms with Crippen molar-refractivity contribution in [1.82, 2.24) is 0 Å². The second kappa shape index (κ2) is 12.8. The van der Waals surface area contributed by atoms with Crippen LogP contribution >= 0.6 is 0 Å². The van der Waals surface area contributed by atoms with Crippen LogP contribution in [0.15, 0.2) is 174 Å². The van der Waals surface area contributed by atoms with E-state index in [9.17, 15) is 13.2 Å². The van der Waals surface area contributed by atoms with Crippen LogP contribution in [0.2, 0.25) is 0 Å². The predicted molar refractivity (Wildman–Crippen MR) is 230 cm³/mol. The molecule has 0 saturated heterocycles. The maximum absolute atomic E-state index is 13.6. The second-order valence-electron chi connectivity index (χ2n) is 14.9. The van der Waals surface area contributed by atoms with Gasteiger partial charge in [0.25, 0.3) is 0 Å². The van der Waals surface area contributed by atoms with Gasteiger partial charge in [-0.2, -0.15) is 13.2 Å². The summed E-state index contributed by atoms with van der Waals surface area (Å²) in [5.74, 6) is 0. The van der Waals surface area contributed by atoms with Gasteiger partial charge in [-0.15, -0.1) is 0 Å². The Kier molecular flexibility index (Phi) is 7.52. The molecule has 0 fully saturated rings. The maximum atomic E-state index is 13.6. The number of allylic oxidation sites excluding steroid dienone is 1. The monoisotopic (exact) mass is 742 g/mol. The Morgan fingerprint density at radius 2 is 0.965 bits per heavy atom. The van der Waals surface area contributed by atoms with Gasteiger partial charge in [-0.3, -0.25) is 0 Å². The third-order valence-electron chi connectivity index (χ3n) is 11.8. The van der Waals surface area contributed by atoms with Crippen molar-refractivity contribution in [1.29, 1.82) is 0 Å². The molecule has 0 bridgehead atoms. The van der Waals surface area contributed by atoms with Crippen LogP contribution in [0.1, 0.15) is 23.1 Å². The van der Waals surface area contributed by atoms with Gasteiger partial charge in [0.1, 0.15) is 11.2 Å². The summed E-state index contributed by atoms with van der Waals surface area (Å²) in [4.78, 5) is 0.